The zero-order chi connectivity index (χ0) is 25.1. The molecule has 0 bridgehead atoms. The monoisotopic (exact) mass is 474 g/mol. The third kappa shape index (κ3) is 5.61. The molecule has 35 heavy (non-hydrogen) atoms. The molecule has 3 heterocycles. The molecule has 0 atom stereocenters. The van der Waals surface area contributed by atoms with E-state index in [2.05, 4.69) is 87.2 Å². The molecular formula is C30H42N4O. The molecule has 1 aromatic carbocycles. The number of aryl methyl sites for hydroxylation is 2. The zero-order valence-corrected chi connectivity index (χ0v) is 22.4. The number of rotatable bonds is 8. The molecule has 0 aliphatic carbocycles. The van der Waals surface area contributed by atoms with E-state index in [0.717, 1.165) is 50.2 Å². The number of hydrogen-bond donors (Lipinski definition) is 2. The predicted octanol–water partition coefficient (Wildman–Crippen LogP) is 6.45. The van der Waals surface area contributed by atoms with Gasteiger partial charge in [0.05, 0.1) is 12.2 Å². The summed E-state index contributed by atoms with van der Waals surface area (Å²) in [6, 6.07) is 11.7. The summed E-state index contributed by atoms with van der Waals surface area (Å²) >= 11 is 0. The van der Waals surface area contributed by atoms with Gasteiger partial charge in [0, 0.05) is 47.0 Å². The molecular weight excluding hydrogens is 432 g/mol. The highest BCUT2D eigenvalue weighted by Crippen LogP contribution is 2.38. The van der Waals surface area contributed by atoms with Gasteiger partial charge in [-0.3, -0.25) is 9.78 Å². The molecule has 1 amide bonds. The van der Waals surface area contributed by atoms with Crippen molar-refractivity contribution in [3.05, 3.63) is 52.8 Å². The van der Waals surface area contributed by atoms with E-state index >= 15 is 0 Å². The molecule has 0 unspecified atom stereocenters. The molecule has 1 aliphatic heterocycles. The highest BCUT2D eigenvalue weighted by atomic mass is 16.2. The van der Waals surface area contributed by atoms with E-state index in [1.165, 1.54) is 33.3 Å². The molecule has 5 heteroatoms. The smallest absolute Gasteiger partial charge is 0.236 e. The van der Waals surface area contributed by atoms with Gasteiger partial charge in [0.25, 0.3) is 0 Å². The number of nitrogens with one attached hydrogen (secondary N) is 2. The molecule has 1 fully saturated rings. The number of piperidine rings is 1. The molecule has 188 valence electrons. The van der Waals surface area contributed by atoms with Gasteiger partial charge in [-0.25, -0.2) is 0 Å². The summed E-state index contributed by atoms with van der Waals surface area (Å²) in [7, 11) is 0. The number of aromatic amines is 1. The van der Waals surface area contributed by atoms with Crippen LogP contribution in [0.1, 0.15) is 87.7 Å². The highest BCUT2D eigenvalue weighted by molar-refractivity contribution is 5.92. The van der Waals surface area contributed by atoms with Crippen LogP contribution in [0.3, 0.4) is 0 Å². The quantitative estimate of drug-likeness (QED) is 0.394. The molecule has 2 N–H and O–H groups in total. The summed E-state index contributed by atoms with van der Waals surface area (Å²) in [5.74, 6) is 1.15. The number of nitrogens with zero attached hydrogens (tertiary/aromatic N) is 2. The lowest BCUT2D eigenvalue weighted by molar-refractivity contribution is -0.131. The minimum absolute atomic E-state index is 0.242. The molecule has 0 saturated carbocycles. The van der Waals surface area contributed by atoms with Crippen LogP contribution in [0.5, 0.6) is 0 Å². The number of hydrogen-bond acceptors (Lipinski definition) is 3. The van der Waals surface area contributed by atoms with E-state index in [9.17, 15) is 4.79 Å². The van der Waals surface area contributed by atoms with Crippen LogP contribution in [0.2, 0.25) is 0 Å². The third-order valence-corrected chi connectivity index (χ3v) is 7.66. The van der Waals surface area contributed by atoms with Gasteiger partial charge in [-0.05, 0) is 86.8 Å². The second-order valence-electron chi connectivity index (χ2n) is 10.6. The maximum absolute atomic E-state index is 12.7. The van der Waals surface area contributed by atoms with Gasteiger partial charge in [-0.15, -0.1) is 0 Å². The lowest BCUT2D eigenvalue weighted by atomic mass is 9.87. The number of H-pyrrole nitrogens is 1. The Morgan fingerprint density at radius 1 is 1.09 bits per heavy atom. The fraction of sp³-hybridized carbons (Fsp3) is 0.533. The van der Waals surface area contributed by atoms with Gasteiger partial charge in [-0.1, -0.05) is 33.8 Å². The van der Waals surface area contributed by atoms with Gasteiger partial charge in [-0.2, -0.15) is 0 Å². The van der Waals surface area contributed by atoms with Crippen molar-refractivity contribution in [3.8, 4) is 11.3 Å². The normalized spacial score (nSPS) is 15.0. The van der Waals surface area contributed by atoms with Crippen molar-refractivity contribution in [2.75, 3.05) is 19.6 Å². The van der Waals surface area contributed by atoms with Crippen molar-refractivity contribution in [2.45, 2.75) is 85.1 Å². The highest BCUT2D eigenvalue weighted by Gasteiger charge is 2.25. The Kier molecular flexibility index (Phi) is 7.95. The van der Waals surface area contributed by atoms with Gasteiger partial charge in [0.2, 0.25) is 5.91 Å². The fourth-order valence-electron chi connectivity index (χ4n) is 5.67. The van der Waals surface area contributed by atoms with Crippen LogP contribution in [0.25, 0.3) is 22.2 Å². The Labute approximate surface area is 210 Å². The van der Waals surface area contributed by atoms with E-state index in [4.69, 9.17) is 0 Å². The zero-order valence-electron chi connectivity index (χ0n) is 22.4. The largest absolute Gasteiger partial charge is 0.354 e. The van der Waals surface area contributed by atoms with Crippen LogP contribution in [-0.2, 0) is 4.79 Å². The minimum Gasteiger partial charge on any atom is -0.354 e. The molecule has 1 aliphatic rings. The SMILES string of the molecule is CCC(CC)NCC(=O)N1CCC(c2ccc3[nH]c(-c4cc(C)nc(C)c4)c(C(C)C)c3c2)CC1. The van der Waals surface area contributed by atoms with Crippen LogP contribution < -0.4 is 5.32 Å². The summed E-state index contributed by atoms with van der Waals surface area (Å²) in [5, 5.41) is 4.75. The molecule has 1 saturated heterocycles. The molecule has 5 nitrogen and oxygen atoms in total. The molecule has 3 aromatic rings. The van der Waals surface area contributed by atoms with E-state index in [-0.39, 0.29) is 5.91 Å². The maximum atomic E-state index is 12.7. The first-order valence-electron chi connectivity index (χ1n) is 13.4. The van der Waals surface area contributed by atoms with Gasteiger partial charge in [0.15, 0.2) is 0 Å². The summed E-state index contributed by atoms with van der Waals surface area (Å²) in [5.41, 5.74) is 8.49. The topological polar surface area (TPSA) is 61.0 Å². The van der Waals surface area contributed by atoms with Gasteiger partial charge >= 0.3 is 0 Å². The first-order chi connectivity index (χ1) is 16.8. The lowest BCUT2D eigenvalue weighted by Crippen LogP contribution is -2.44. The Hall–Kier alpha value is -2.66. The summed E-state index contributed by atoms with van der Waals surface area (Å²) < 4.78 is 0. The van der Waals surface area contributed by atoms with Gasteiger partial charge < -0.3 is 15.2 Å². The van der Waals surface area contributed by atoms with Gasteiger partial charge in [0.1, 0.15) is 0 Å². The van der Waals surface area contributed by atoms with Crippen LogP contribution in [-0.4, -0.2) is 46.5 Å². The number of benzene rings is 1. The summed E-state index contributed by atoms with van der Waals surface area (Å²) in [6.45, 7) is 15.2. The molecule has 0 spiro atoms. The maximum Gasteiger partial charge on any atom is 0.236 e. The average molecular weight is 475 g/mol. The first-order valence-corrected chi connectivity index (χ1v) is 13.4. The van der Waals surface area contributed by atoms with Crippen molar-refractivity contribution in [2.24, 2.45) is 0 Å². The summed E-state index contributed by atoms with van der Waals surface area (Å²) in [4.78, 5) is 23.0. The molecule has 0 radical (unpaired) electrons. The third-order valence-electron chi connectivity index (χ3n) is 7.66. The standard InChI is InChI=1S/C30H42N4O/c1-7-25(8-2)31-18-28(35)34-13-11-22(12-14-34)23-9-10-27-26(17-23)29(19(3)4)30(33-27)24-15-20(5)32-21(6)16-24/h9-10,15-17,19,22,25,31,33H,7-8,11-14,18H2,1-6H3. The van der Waals surface area contributed by atoms with Crippen LogP contribution in [0.15, 0.2) is 30.3 Å². The van der Waals surface area contributed by atoms with E-state index in [1.807, 2.05) is 4.90 Å². The lowest BCUT2D eigenvalue weighted by Gasteiger charge is -2.33. The van der Waals surface area contributed by atoms with E-state index in [0.29, 0.717) is 24.4 Å². The summed E-state index contributed by atoms with van der Waals surface area (Å²) in [6.07, 6.45) is 4.18. The van der Waals surface area contributed by atoms with Crippen molar-refractivity contribution in [1.29, 1.82) is 0 Å². The van der Waals surface area contributed by atoms with Crippen LogP contribution in [0.4, 0.5) is 0 Å². The number of carbonyl (C=O) groups is 1. The number of pyridine rings is 1. The van der Waals surface area contributed by atoms with Crippen molar-refractivity contribution in [1.82, 2.24) is 20.2 Å². The van der Waals surface area contributed by atoms with E-state index < -0.39 is 0 Å². The average Bonchev–Trinajstić information content (AvgIpc) is 3.23. The van der Waals surface area contributed by atoms with Crippen molar-refractivity contribution < 1.29 is 4.79 Å². The number of aromatic nitrogens is 2. The second-order valence-corrected chi connectivity index (χ2v) is 10.6. The Morgan fingerprint density at radius 3 is 2.34 bits per heavy atom. The number of fused-ring (bicyclic) bond motifs is 1. The minimum atomic E-state index is 0.242. The Bertz CT molecular complexity index is 1150. The molecule has 2 aromatic heterocycles. The second kappa shape index (κ2) is 10.9. The number of carbonyl (C=O) groups excluding carboxylic acids is 1. The Balaban J connectivity index is 1.52. The first kappa shape index (κ1) is 25.4. The van der Waals surface area contributed by atoms with Crippen molar-refractivity contribution in [3.63, 3.8) is 0 Å². The Morgan fingerprint density at radius 2 is 1.74 bits per heavy atom. The molecule has 4 rings (SSSR count). The van der Waals surface area contributed by atoms with Crippen LogP contribution in [0, 0.1) is 13.8 Å². The predicted molar refractivity (Wildman–Crippen MR) is 146 cm³/mol. The number of likely N-dealkylation sites (tertiary alicyclic amines) is 1. The van der Waals surface area contributed by atoms with Crippen LogP contribution >= 0.6 is 0 Å². The number of amides is 1. The van der Waals surface area contributed by atoms with Crippen molar-refractivity contribution >= 4 is 16.8 Å². The fourth-order valence-corrected chi connectivity index (χ4v) is 5.67. The van der Waals surface area contributed by atoms with E-state index in [1.54, 1.807) is 0 Å².